The Hall–Kier alpha value is -2.59. The SMILES string of the molecule is CN[C@H]1COc2ccc(OCCNS(=O)(=O)c3cnn(C)c3)cc2[C@@H]1Cc1ccccc1.Cl. The molecule has 178 valence electrons. The quantitative estimate of drug-likeness (QED) is 0.446. The lowest BCUT2D eigenvalue weighted by molar-refractivity contribution is 0.217. The Morgan fingerprint density at radius 2 is 2.00 bits per heavy atom. The van der Waals surface area contributed by atoms with Crippen LogP contribution in [0.5, 0.6) is 11.5 Å². The lowest BCUT2D eigenvalue weighted by atomic mass is 9.84. The van der Waals surface area contributed by atoms with Crippen molar-refractivity contribution in [1.82, 2.24) is 19.8 Å². The van der Waals surface area contributed by atoms with E-state index >= 15 is 0 Å². The van der Waals surface area contributed by atoms with E-state index in [1.165, 1.54) is 22.6 Å². The van der Waals surface area contributed by atoms with Crippen molar-refractivity contribution in [3.63, 3.8) is 0 Å². The molecule has 0 aliphatic carbocycles. The normalized spacial score (nSPS) is 17.5. The van der Waals surface area contributed by atoms with E-state index < -0.39 is 10.0 Å². The van der Waals surface area contributed by atoms with Gasteiger partial charge in [0.25, 0.3) is 0 Å². The van der Waals surface area contributed by atoms with Gasteiger partial charge in [-0.1, -0.05) is 30.3 Å². The number of sulfonamides is 1. The van der Waals surface area contributed by atoms with Crippen molar-refractivity contribution in [1.29, 1.82) is 0 Å². The Kier molecular flexibility index (Phi) is 8.36. The third-order valence-corrected chi connectivity index (χ3v) is 7.02. The second kappa shape index (κ2) is 11.0. The summed E-state index contributed by atoms with van der Waals surface area (Å²) < 4.78 is 40.4. The average molecular weight is 493 g/mol. The monoisotopic (exact) mass is 492 g/mol. The van der Waals surface area contributed by atoms with E-state index in [1.807, 2.05) is 31.3 Å². The predicted molar refractivity (Wildman–Crippen MR) is 129 cm³/mol. The molecule has 0 fully saturated rings. The minimum atomic E-state index is -3.60. The summed E-state index contributed by atoms with van der Waals surface area (Å²) in [6.07, 6.45) is 3.66. The number of benzene rings is 2. The van der Waals surface area contributed by atoms with E-state index in [0.29, 0.717) is 12.4 Å². The highest BCUT2D eigenvalue weighted by molar-refractivity contribution is 7.89. The maximum atomic E-state index is 12.3. The van der Waals surface area contributed by atoms with E-state index in [1.54, 1.807) is 7.05 Å². The second-order valence-electron chi connectivity index (χ2n) is 7.80. The number of aryl methyl sites for hydroxylation is 1. The molecule has 8 nitrogen and oxygen atoms in total. The first-order chi connectivity index (χ1) is 15.5. The Morgan fingerprint density at radius 1 is 1.21 bits per heavy atom. The van der Waals surface area contributed by atoms with Gasteiger partial charge in [0.15, 0.2) is 0 Å². The van der Waals surface area contributed by atoms with Crippen LogP contribution in [0.25, 0.3) is 0 Å². The van der Waals surface area contributed by atoms with Crippen LogP contribution in [0.3, 0.4) is 0 Å². The van der Waals surface area contributed by atoms with Crippen molar-refractivity contribution in [2.45, 2.75) is 23.3 Å². The van der Waals surface area contributed by atoms with Crippen LogP contribution < -0.4 is 19.5 Å². The first-order valence-corrected chi connectivity index (χ1v) is 12.0. The van der Waals surface area contributed by atoms with Gasteiger partial charge < -0.3 is 14.8 Å². The minimum Gasteiger partial charge on any atom is -0.492 e. The fraction of sp³-hybridized carbons (Fsp3) is 0.348. The molecule has 0 amide bonds. The van der Waals surface area contributed by atoms with Crippen LogP contribution in [0, 0.1) is 0 Å². The van der Waals surface area contributed by atoms with Crippen LogP contribution in [0.15, 0.2) is 65.8 Å². The summed E-state index contributed by atoms with van der Waals surface area (Å²) in [6, 6.07) is 16.4. The van der Waals surface area contributed by atoms with Crippen molar-refractivity contribution >= 4 is 22.4 Å². The van der Waals surface area contributed by atoms with Gasteiger partial charge in [-0.2, -0.15) is 5.10 Å². The zero-order valence-electron chi connectivity index (χ0n) is 18.6. The zero-order chi connectivity index (χ0) is 22.6. The molecular formula is C23H29ClN4O4S. The molecule has 3 aromatic rings. The summed E-state index contributed by atoms with van der Waals surface area (Å²) in [4.78, 5) is 0.132. The molecule has 10 heteroatoms. The second-order valence-corrected chi connectivity index (χ2v) is 9.56. The summed E-state index contributed by atoms with van der Waals surface area (Å²) in [7, 11) is 0.0185. The molecule has 2 atom stereocenters. The number of fused-ring (bicyclic) bond motifs is 1. The van der Waals surface area contributed by atoms with Gasteiger partial charge in [-0.3, -0.25) is 4.68 Å². The summed E-state index contributed by atoms with van der Waals surface area (Å²) in [5, 5.41) is 7.27. The number of nitrogens with one attached hydrogen (secondary N) is 2. The predicted octanol–water partition coefficient (Wildman–Crippen LogP) is 2.51. The van der Waals surface area contributed by atoms with Gasteiger partial charge in [-0.25, -0.2) is 13.1 Å². The van der Waals surface area contributed by atoms with Crippen molar-refractivity contribution in [2.24, 2.45) is 7.05 Å². The van der Waals surface area contributed by atoms with E-state index in [2.05, 4.69) is 39.4 Å². The third kappa shape index (κ3) is 6.05. The average Bonchev–Trinajstić information content (AvgIpc) is 3.25. The number of aromatic nitrogens is 2. The van der Waals surface area contributed by atoms with Gasteiger partial charge in [0.2, 0.25) is 10.0 Å². The first kappa shape index (κ1) is 25.0. The van der Waals surface area contributed by atoms with Crippen LogP contribution in [-0.4, -0.2) is 51.0 Å². The van der Waals surface area contributed by atoms with Crippen LogP contribution in [0.2, 0.25) is 0 Å². The van der Waals surface area contributed by atoms with Gasteiger partial charge in [0.05, 0.1) is 6.20 Å². The Bertz CT molecular complexity index is 1150. The fourth-order valence-corrected chi connectivity index (χ4v) is 4.92. The van der Waals surface area contributed by atoms with Crippen molar-refractivity contribution in [3.8, 4) is 11.5 Å². The number of halogens is 1. The molecule has 0 radical (unpaired) electrons. The first-order valence-electron chi connectivity index (χ1n) is 10.6. The molecule has 1 aliphatic rings. The number of likely N-dealkylation sites (N-methyl/N-ethyl adjacent to an activating group) is 1. The molecule has 0 saturated carbocycles. The third-order valence-electron chi connectivity index (χ3n) is 5.61. The summed E-state index contributed by atoms with van der Waals surface area (Å²) in [6.45, 7) is 0.965. The number of rotatable bonds is 9. The molecule has 1 aromatic heterocycles. The molecule has 33 heavy (non-hydrogen) atoms. The minimum absolute atomic E-state index is 0. The standard InChI is InChI=1S/C23H28N4O4S.ClH/c1-24-22-16-31-23-9-8-18(13-21(23)20(22)12-17-6-4-3-5-7-17)30-11-10-26-32(28,29)19-14-25-27(2)15-19;/h3-9,13-15,20,22,24,26H,10-12,16H2,1-2H3;1H/t20-,22-;/m0./s1. The zero-order valence-corrected chi connectivity index (χ0v) is 20.2. The molecule has 2 aromatic carbocycles. The smallest absolute Gasteiger partial charge is 0.243 e. The van der Waals surface area contributed by atoms with Crippen LogP contribution in [0.4, 0.5) is 0 Å². The van der Waals surface area contributed by atoms with Gasteiger partial charge >= 0.3 is 0 Å². The van der Waals surface area contributed by atoms with E-state index in [4.69, 9.17) is 9.47 Å². The van der Waals surface area contributed by atoms with Crippen LogP contribution in [-0.2, 0) is 23.5 Å². The Labute approximate surface area is 200 Å². The lowest BCUT2D eigenvalue weighted by Crippen LogP contribution is -2.41. The number of ether oxygens (including phenoxy) is 2. The topological polar surface area (TPSA) is 94.5 Å². The van der Waals surface area contributed by atoms with Crippen molar-refractivity contribution in [3.05, 3.63) is 72.1 Å². The molecule has 0 bridgehead atoms. The molecule has 4 rings (SSSR count). The maximum absolute atomic E-state index is 12.3. The maximum Gasteiger partial charge on any atom is 0.243 e. The highest BCUT2D eigenvalue weighted by Gasteiger charge is 2.30. The summed E-state index contributed by atoms with van der Waals surface area (Å²) >= 11 is 0. The molecule has 2 N–H and O–H groups in total. The molecular weight excluding hydrogens is 464 g/mol. The fourth-order valence-electron chi connectivity index (χ4n) is 3.92. The summed E-state index contributed by atoms with van der Waals surface area (Å²) in [5.41, 5.74) is 2.36. The highest BCUT2D eigenvalue weighted by atomic mass is 35.5. The molecule has 0 spiro atoms. The van der Waals surface area contributed by atoms with Crippen molar-refractivity contribution < 1.29 is 17.9 Å². The number of nitrogens with zero attached hydrogens (tertiary/aromatic N) is 2. The number of hydrogen-bond donors (Lipinski definition) is 2. The molecule has 0 saturated heterocycles. The van der Waals surface area contributed by atoms with Gasteiger partial charge in [-0.15, -0.1) is 12.4 Å². The summed E-state index contributed by atoms with van der Waals surface area (Å²) in [5.74, 6) is 1.78. The van der Waals surface area contributed by atoms with E-state index in [-0.39, 0.29) is 42.4 Å². The largest absolute Gasteiger partial charge is 0.492 e. The molecule has 2 heterocycles. The number of hydrogen-bond acceptors (Lipinski definition) is 6. The Morgan fingerprint density at radius 3 is 2.70 bits per heavy atom. The van der Waals surface area contributed by atoms with E-state index in [0.717, 1.165) is 17.7 Å². The van der Waals surface area contributed by atoms with Gasteiger partial charge in [0, 0.05) is 37.3 Å². The lowest BCUT2D eigenvalue weighted by Gasteiger charge is -2.34. The van der Waals surface area contributed by atoms with Crippen molar-refractivity contribution in [2.75, 3.05) is 26.8 Å². The Balaban J connectivity index is 0.00000306. The van der Waals surface area contributed by atoms with Crippen LogP contribution in [0.1, 0.15) is 17.0 Å². The molecule has 0 unspecified atom stereocenters. The van der Waals surface area contributed by atoms with Crippen LogP contribution >= 0.6 is 12.4 Å². The van der Waals surface area contributed by atoms with E-state index in [9.17, 15) is 8.42 Å². The molecule has 1 aliphatic heterocycles. The van der Waals surface area contributed by atoms with Gasteiger partial charge in [-0.05, 0) is 37.2 Å². The van der Waals surface area contributed by atoms with Gasteiger partial charge in [0.1, 0.15) is 29.6 Å². The highest BCUT2D eigenvalue weighted by Crippen LogP contribution is 2.38.